The number of hydrogen-bond acceptors (Lipinski definition) is 5. The number of aliphatic hydroxyl groups excluding tert-OH is 1. The van der Waals surface area contributed by atoms with Crippen molar-refractivity contribution in [3.8, 4) is 11.5 Å². The second-order valence-corrected chi connectivity index (χ2v) is 4.03. The van der Waals surface area contributed by atoms with Crippen LogP contribution in [0.2, 0.25) is 0 Å². The maximum atomic E-state index is 11.9. The number of aromatic nitrogens is 1. The van der Waals surface area contributed by atoms with E-state index < -0.39 is 5.97 Å². The van der Waals surface area contributed by atoms with Gasteiger partial charge in [-0.15, -0.1) is 0 Å². The molecule has 1 aromatic heterocycles. The van der Waals surface area contributed by atoms with Crippen LogP contribution in [0.5, 0.6) is 11.5 Å². The molecule has 2 aromatic rings. The van der Waals surface area contributed by atoms with Crippen molar-refractivity contribution in [3.05, 3.63) is 23.9 Å². The first-order chi connectivity index (χ1) is 9.71. The molecule has 1 heterocycles. The summed E-state index contributed by atoms with van der Waals surface area (Å²) in [6.45, 7) is 1.96. The third-order valence-corrected chi connectivity index (χ3v) is 2.78. The number of H-pyrrole nitrogens is 1. The second kappa shape index (κ2) is 6.29. The normalized spacial score (nSPS) is 10.6. The minimum atomic E-state index is -0.490. The van der Waals surface area contributed by atoms with Crippen molar-refractivity contribution in [3.63, 3.8) is 0 Å². The summed E-state index contributed by atoms with van der Waals surface area (Å²) in [6.07, 6.45) is 0. The van der Waals surface area contributed by atoms with E-state index >= 15 is 0 Å². The van der Waals surface area contributed by atoms with Crippen molar-refractivity contribution in [1.82, 2.24) is 4.98 Å². The largest absolute Gasteiger partial charge is 0.497 e. The van der Waals surface area contributed by atoms with Crippen LogP contribution >= 0.6 is 0 Å². The molecule has 0 saturated carbocycles. The van der Waals surface area contributed by atoms with Gasteiger partial charge in [0.1, 0.15) is 12.4 Å². The standard InChI is InChI=1S/C14H17NO5/c1-3-19-14(17)12-13(20-7-6-16)10-8-9(18-2)4-5-11(10)15-12/h4-5,8,15-16H,3,6-7H2,1-2H3. The lowest BCUT2D eigenvalue weighted by Crippen LogP contribution is -2.09. The van der Waals surface area contributed by atoms with E-state index in [1.165, 1.54) is 0 Å². The van der Waals surface area contributed by atoms with Crippen LogP contribution in [0, 0.1) is 0 Å². The van der Waals surface area contributed by atoms with Crippen LogP contribution in [0.3, 0.4) is 0 Å². The molecular formula is C14H17NO5. The van der Waals surface area contributed by atoms with Crippen molar-refractivity contribution >= 4 is 16.9 Å². The SMILES string of the molecule is CCOC(=O)c1[nH]c2ccc(OC)cc2c1OCCO. The Kier molecular flexibility index (Phi) is 4.47. The summed E-state index contributed by atoms with van der Waals surface area (Å²) in [7, 11) is 1.56. The zero-order valence-corrected chi connectivity index (χ0v) is 11.4. The van der Waals surface area contributed by atoms with E-state index in [0.29, 0.717) is 16.9 Å². The fourth-order valence-corrected chi connectivity index (χ4v) is 1.92. The van der Waals surface area contributed by atoms with Gasteiger partial charge in [0.2, 0.25) is 0 Å². The first kappa shape index (κ1) is 14.2. The van der Waals surface area contributed by atoms with Gasteiger partial charge in [-0.1, -0.05) is 0 Å². The molecule has 0 aliphatic rings. The Bertz CT molecular complexity index is 605. The number of carbonyl (C=O) groups is 1. The number of methoxy groups -OCH3 is 1. The highest BCUT2D eigenvalue weighted by atomic mass is 16.5. The van der Waals surface area contributed by atoms with Gasteiger partial charge in [0, 0.05) is 5.39 Å². The zero-order chi connectivity index (χ0) is 14.5. The minimum Gasteiger partial charge on any atom is -0.497 e. The van der Waals surface area contributed by atoms with E-state index in [4.69, 9.17) is 19.3 Å². The number of fused-ring (bicyclic) bond motifs is 1. The second-order valence-electron chi connectivity index (χ2n) is 4.03. The lowest BCUT2D eigenvalue weighted by atomic mass is 10.2. The molecule has 2 N–H and O–H groups in total. The van der Waals surface area contributed by atoms with Gasteiger partial charge >= 0.3 is 5.97 Å². The molecule has 0 radical (unpaired) electrons. The van der Waals surface area contributed by atoms with Crippen LogP contribution in [0.4, 0.5) is 0 Å². The Balaban J connectivity index is 2.51. The molecule has 108 valence electrons. The van der Waals surface area contributed by atoms with Crippen molar-refractivity contribution in [1.29, 1.82) is 0 Å². The highest BCUT2D eigenvalue weighted by Gasteiger charge is 2.20. The summed E-state index contributed by atoms with van der Waals surface area (Å²) in [5, 5.41) is 9.60. The van der Waals surface area contributed by atoms with E-state index in [1.54, 1.807) is 32.2 Å². The quantitative estimate of drug-likeness (QED) is 0.787. The van der Waals surface area contributed by atoms with Gasteiger partial charge in [-0.3, -0.25) is 0 Å². The Morgan fingerprint density at radius 2 is 2.20 bits per heavy atom. The van der Waals surface area contributed by atoms with E-state index in [1.807, 2.05) is 0 Å². The summed E-state index contributed by atoms with van der Waals surface area (Å²) in [6, 6.07) is 5.34. The Morgan fingerprint density at radius 1 is 1.40 bits per heavy atom. The number of aromatic amines is 1. The molecule has 6 nitrogen and oxygen atoms in total. The molecule has 0 fully saturated rings. The molecule has 20 heavy (non-hydrogen) atoms. The molecule has 1 aromatic carbocycles. The smallest absolute Gasteiger partial charge is 0.358 e. The molecule has 0 amide bonds. The fraction of sp³-hybridized carbons (Fsp3) is 0.357. The average molecular weight is 279 g/mol. The third kappa shape index (κ3) is 2.70. The first-order valence-electron chi connectivity index (χ1n) is 6.31. The van der Waals surface area contributed by atoms with E-state index in [-0.39, 0.29) is 25.5 Å². The predicted octanol–water partition coefficient (Wildman–Crippen LogP) is 1.72. The number of carbonyl (C=O) groups excluding carboxylic acids is 1. The van der Waals surface area contributed by atoms with Gasteiger partial charge in [-0.05, 0) is 25.1 Å². The number of aliphatic hydroxyl groups is 1. The van der Waals surface area contributed by atoms with Gasteiger partial charge < -0.3 is 24.3 Å². The van der Waals surface area contributed by atoms with E-state index in [0.717, 1.165) is 5.52 Å². The van der Waals surface area contributed by atoms with Crippen LogP contribution in [0.15, 0.2) is 18.2 Å². The molecule has 0 unspecified atom stereocenters. The monoisotopic (exact) mass is 279 g/mol. The molecule has 0 atom stereocenters. The van der Waals surface area contributed by atoms with Crippen LogP contribution in [0.1, 0.15) is 17.4 Å². The van der Waals surface area contributed by atoms with Crippen LogP contribution in [-0.4, -0.2) is 43.0 Å². The lowest BCUT2D eigenvalue weighted by molar-refractivity contribution is 0.0514. The van der Waals surface area contributed by atoms with Crippen LogP contribution in [-0.2, 0) is 4.74 Å². The number of ether oxygens (including phenoxy) is 3. The topological polar surface area (TPSA) is 80.8 Å². The Labute approximate surface area is 116 Å². The van der Waals surface area contributed by atoms with Gasteiger partial charge in [-0.25, -0.2) is 4.79 Å². The maximum absolute atomic E-state index is 11.9. The number of rotatable bonds is 6. The van der Waals surface area contributed by atoms with Gasteiger partial charge in [-0.2, -0.15) is 0 Å². The predicted molar refractivity (Wildman–Crippen MR) is 73.4 cm³/mol. The molecular weight excluding hydrogens is 262 g/mol. The fourth-order valence-electron chi connectivity index (χ4n) is 1.92. The molecule has 0 bridgehead atoms. The molecule has 0 spiro atoms. The highest BCUT2D eigenvalue weighted by Crippen LogP contribution is 2.33. The number of esters is 1. The molecule has 0 aliphatic heterocycles. The van der Waals surface area contributed by atoms with Crippen molar-refractivity contribution in [2.24, 2.45) is 0 Å². The van der Waals surface area contributed by atoms with Crippen molar-refractivity contribution in [2.75, 3.05) is 26.9 Å². The summed E-state index contributed by atoms with van der Waals surface area (Å²) in [5.74, 6) is 0.530. The first-order valence-corrected chi connectivity index (χ1v) is 6.31. The van der Waals surface area contributed by atoms with Gasteiger partial charge in [0.25, 0.3) is 0 Å². The zero-order valence-electron chi connectivity index (χ0n) is 11.4. The van der Waals surface area contributed by atoms with Crippen molar-refractivity contribution < 1.29 is 24.1 Å². The average Bonchev–Trinajstić information content (AvgIpc) is 2.83. The lowest BCUT2D eigenvalue weighted by Gasteiger charge is -2.06. The highest BCUT2D eigenvalue weighted by molar-refractivity contribution is 6.01. The van der Waals surface area contributed by atoms with E-state index in [2.05, 4.69) is 4.98 Å². The molecule has 0 saturated heterocycles. The number of benzene rings is 1. The Hall–Kier alpha value is -2.21. The van der Waals surface area contributed by atoms with Crippen LogP contribution in [0.25, 0.3) is 10.9 Å². The molecule has 6 heteroatoms. The summed E-state index contributed by atoms with van der Waals surface area (Å²) in [5.41, 5.74) is 0.977. The molecule has 2 rings (SSSR count). The number of hydrogen-bond donors (Lipinski definition) is 2. The third-order valence-electron chi connectivity index (χ3n) is 2.78. The van der Waals surface area contributed by atoms with Gasteiger partial charge in [0.15, 0.2) is 11.4 Å². The summed E-state index contributed by atoms with van der Waals surface area (Å²) >= 11 is 0. The van der Waals surface area contributed by atoms with E-state index in [9.17, 15) is 4.79 Å². The maximum Gasteiger partial charge on any atom is 0.358 e. The summed E-state index contributed by atoms with van der Waals surface area (Å²) < 4.78 is 15.6. The van der Waals surface area contributed by atoms with Gasteiger partial charge in [0.05, 0.1) is 25.8 Å². The minimum absolute atomic E-state index is 0.0938. The van der Waals surface area contributed by atoms with Crippen molar-refractivity contribution in [2.45, 2.75) is 6.92 Å². The van der Waals surface area contributed by atoms with Crippen LogP contribution < -0.4 is 9.47 Å². The number of nitrogens with one attached hydrogen (secondary N) is 1. The summed E-state index contributed by atoms with van der Waals surface area (Å²) in [4.78, 5) is 14.9. The molecule has 0 aliphatic carbocycles. The Morgan fingerprint density at radius 3 is 2.85 bits per heavy atom.